The van der Waals surface area contributed by atoms with Crippen molar-refractivity contribution >= 4 is 16.5 Å². The highest BCUT2D eigenvalue weighted by Gasteiger charge is 2.15. The first kappa shape index (κ1) is 10.3. The predicted molar refractivity (Wildman–Crippen MR) is 41.0 cm³/mol. The van der Waals surface area contributed by atoms with Crippen molar-refractivity contribution in [3.63, 3.8) is 0 Å². The van der Waals surface area contributed by atoms with Crippen molar-refractivity contribution in [2.75, 3.05) is 0 Å². The van der Waals surface area contributed by atoms with Crippen molar-refractivity contribution in [1.82, 2.24) is 4.98 Å². The number of halogens is 1. The molecule has 0 saturated carbocycles. The Morgan fingerprint density at radius 3 is 2.55 bits per heavy atom. The van der Waals surface area contributed by atoms with Crippen LogP contribution in [0.25, 0.3) is 4.98 Å². The maximum atomic E-state index is 8.34. The van der Waals surface area contributed by atoms with Crippen LogP contribution in [0.5, 0.6) is 0 Å². The van der Waals surface area contributed by atoms with E-state index in [0.29, 0.717) is 5.13 Å². The molecule has 1 heterocycles. The maximum absolute atomic E-state index is 8.34. The number of diazo groups is 1. The predicted octanol–water partition coefficient (Wildman–Crippen LogP) is -0.498. The maximum Gasteiger partial charge on any atom is 0.523 e. The number of rotatable bonds is 1. The van der Waals surface area contributed by atoms with Gasteiger partial charge in [-0.1, -0.05) is 6.92 Å². The van der Waals surface area contributed by atoms with Gasteiger partial charge in [-0.05, 0) is 22.7 Å². The largest absolute Gasteiger partial charge is 1.00 e. The average molecular weight is 190 g/mol. The molecule has 0 aliphatic heterocycles. The first-order chi connectivity index (χ1) is 4.77. The average Bonchev–Trinajstić information content (AvgIpc) is 2.30. The second-order valence-electron chi connectivity index (χ2n) is 1.96. The van der Waals surface area contributed by atoms with Gasteiger partial charge in [0.05, 0.1) is 10.3 Å². The summed E-state index contributed by atoms with van der Waals surface area (Å²) in [6.45, 7) is 3.98. The molecule has 1 aromatic rings. The standard InChI is InChI=1S/C6H8N3S.ClH/c1-3-5-4(2)8-6(9-7)10-5;/h3H2,1-2H3;1H/q+1;/p-1. The van der Waals surface area contributed by atoms with Crippen molar-refractivity contribution < 1.29 is 12.4 Å². The molecule has 1 rings (SSSR count). The third-order valence-electron chi connectivity index (χ3n) is 1.29. The van der Waals surface area contributed by atoms with Crippen molar-refractivity contribution in [3.05, 3.63) is 15.5 Å². The Morgan fingerprint density at radius 1 is 1.64 bits per heavy atom. The fourth-order valence-electron chi connectivity index (χ4n) is 0.783. The minimum Gasteiger partial charge on any atom is -1.00 e. The molecule has 0 aliphatic carbocycles. The zero-order valence-electron chi connectivity index (χ0n) is 6.33. The van der Waals surface area contributed by atoms with Crippen molar-refractivity contribution in [2.24, 2.45) is 0 Å². The molecule has 5 heteroatoms. The molecule has 11 heavy (non-hydrogen) atoms. The normalized spacial score (nSPS) is 8.45. The van der Waals surface area contributed by atoms with Gasteiger partial charge in [-0.25, -0.2) is 0 Å². The Morgan fingerprint density at radius 2 is 2.27 bits per heavy atom. The van der Waals surface area contributed by atoms with E-state index in [1.165, 1.54) is 16.2 Å². The van der Waals surface area contributed by atoms with E-state index in [4.69, 9.17) is 5.39 Å². The molecule has 0 amide bonds. The molecule has 0 unspecified atom stereocenters. The number of hydrogen-bond acceptors (Lipinski definition) is 3. The molecule has 0 aromatic carbocycles. The van der Waals surface area contributed by atoms with Gasteiger partial charge < -0.3 is 12.4 Å². The van der Waals surface area contributed by atoms with Gasteiger partial charge in [0.1, 0.15) is 0 Å². The molecular formula is C6H8ClN3S. The highest BCUT2D eigenvalue weighted by molar-refractivity contribution is 7.15. The molecule has 0 saturated heterocycles. The molecule has 0 fully saturated rings. The lowest BCUT2D eigenvalue weighted by atomic mass is 10.3. The third kappa shape index (κ3) is 2.14. The van der Waals surface area contributed by atoms with E-state index in [9.17, 15) is 0 Å². The van der Waals surface area contributed by atoms with E-state index in [-0.39, 0.29) is 12.4 Å². The summed E-state index contributed by atoms with van der Waals surface area (Å²) in [5.74, 6) is 0. The van der Waals surface area contributed by atoms with Crippen LogP contribution in [0.3, 0.4) is 0 Å². The van der Waals surface area contributed by atoms with Gasteiger partial charge in [-0.15, -0.1) is 0 Å². The summed E-state index contributed by atoms with van der Waals surface area (Å²) in [6, 6.07) is 0. The van der Waals surface area contributed by atoms with E-state index in [0.717, 1.165) is 12.1 Å². The summed E-state index contributed by atoms with van der Waals surface area (Å²) in [4.78, 5) is 8.20. The lowest BCUT2D eigenvalue weighted by molar-refractivity contribution is -0.00000245. The Labute approximate surface area is 75.5 Å². The monoisotopic (exact) mass is 189 g/mol. The second-order valence-corrected chi connectivity index (χ2v) is 3.02. The SMILES string of the molecule is CCc1sc([N+]#N)nc1C.[Cl-]. The number of aromatic nitrogens is 1. The summed E-state index contributed by atoms with van der Waals surface area (Å²) in [5.41, 5.74) is 0.973. The molecule has 0 bridgehead atoms. The Balaban J connectivity index is 0.000001000. The highest BCUT2D eigenvalue weighted by Crippen LogP contribution is 2.24. The lowest BCUT2D eigenvalue weighted by Crippen LogP contribution is -3.00. The smallest absolute Gasteiger partial charge is 0.523 e. The Kier molecular flexibility index (Phi) is 4.01. The van der Waals surface area contributed by atoms with Crippen LogP contribution < -0.4 is 12.4 Å². The summed E-state index contributed by atoms with van der Waals surface area (Å²) in [5, 5.41) is 8.80. The summed E-state index contributed by atoms with van der Waals surface area (Å²) < 4.78 is 0. The zero-order chi connectivity index (χ0) is 7.56. The third-order valence-corrected chi connectivity index (χ3v) is 2.47. The van der Waals surface area contributed by atoms with Crippen LogP contribution >= 0.6 is 11.3 Å². The fourth-order valence-corrected chi connectivity index (χ4v) is 1.56. The van der Waals surface area contributed by atoms with Crippen LogP contribution in [0.15, 0.2) is 0 Å². The van der Waals surface area contributed by atoms with Crippen LogP contribution in [0.1, 0.15) is 17.5 Å². The highest BCUT2D eigenvalue weighted by atomic mass is 35.5. The molecule has 0 aliphatic rings. The Hall–Kier alpha value is -0.660. The van der Waals surface area contributed by atoms with Crippen molar-refractivity contribution in [1.29, 1.82) is 5.39 Å². The minimum absolute atomic E-state index is 0. The molecule has 1 aromatic heterocycles. The number of nitrogens with zero attached hydrogens (tertiary/aromatic N) is 3. The van der Waals surface area contributed by atoms with Gasteiger partial charge >= 0.3 is 5.13 Å². The van der Waals surface area contributed by atoms with Gasteiger partial charge in [0.15, 0.2) is 5.69 Å². The van der Waals surface area contributed by atoms with E-state index < -0.39 is 0 Å². The van der Waals surface area contributed by atoms with Crippen LogP contribution in [0.2, 0.25) is 0 Å². The molecular weight excluding hydrogens is 182 g/mol. The van der Waals surface area contributed by atoms with Gasteiger partial charge in [0, 0.05) is 11.9 Å². The van der Waals surface area contributed by atoms with E-state index in [1.54, 1.807) is 0 Å². The van der Waals surface area contributed by atoms with Gasteiger partial charge in [-0.3, -0.25) is 0 Å². The van der Waals surface area contributed by atoms with Gasteiger partial charge in [0.2, 0.25) is 0 Å². The molecule has 0 radical (unpaired) electrons. The quantitative estimate of drug-likeness (QED) is 0.560. The lowest BCUT2D eigenvalue weighted by Gasteiger charge is -1.80. The van der Waals surface area contributed by atoms with Crippen LogP contribution in [-0.2, 0) is 6.42 Å². The number of thiazole rings is 1. The van der Waals surface area contributed by atoms with Crippen LogP contribution in [-0.4, -0.2) is 4.98 Å². The second kappa shape index (κ2) is 4.27. The summed E-state index contributed by atoms with van der Waals surface area (Å²) in [6.07, 6.45) is 0.957. The van der Waals surface area contributed by atoms with Crippen molar-refractivity contribution in [2.45, 2.75) is 20.3 Å². The summed E-state index contributed by atoms with van der Waals surface area (Å²) in [7, 11) is 0. The van der Waals surface area contributed by atoms with Gasteiger partial charge in [-0.2, -0.15) is 0 Å². The van der Waals surface area contributed by atoms with E-state index in [2.05, 4.69) is 16.9 Å². The topological polar surface area (TPSA) is 41.0 Å². The summed E-state index contributed by atoms with van der Waals surface area (Å²) >= 11 is 1.43. The molecule has 0 spiro atoms. The zero-order valence-corrected chi connectivity index (χ0v) is 7.91. The number of aryl methyl sites for hydroxylation is 2. The van der Waals surface area contributed by atoms with Crippen LogP contribution in [0.4, 0.5) is 5.13 Å². The fraction of sp³-hybridized carbons (Fsp3) is 0.500. The number of hydrogen-bond donors (Lipinski definition) is 0. The van der Waals surface area contributed by atoms with Crippen LogP contribution in [0, 0.1) is 12.3 Å². The first-order valence-corrected chi connectivity index (χ1v) is 3.91. The molecule has 3 nitrogen and oxygen atoms in total. The molecule has 60 valence electrons. The minimum atomic E-state index is 0. The van der Waals surface area contributed by atoms with Crippen molar-refractivity contribution in [3.8, 4) is 0 Å². The molecule has 0 atom stereocenters. The first-order valence-electron chi connectivity index (χ1n) is 3.09. The van der Waals surface area contributed by atoms with E-state index in [1.807, 2.05) is 6.92 Å². The van der Waals surface area contributed by atoms with E-state index >= 15 is 0 Å². The van der Waals surface area contributed by atoms with Gasteiger partial charge in [0.25, 0.3) is 0 Å². The molecule has 0 N–H and O–H groups in total. The Bertz CT molecular complexity index is 276.